The van der Waals surface area contributed by atoms with Gasteiger partial charge >= 0.3 is 0 Å². The second-order valence-electron chi connectivity index (χ2n) is 6.54. The fourth-order valence-corrected chi connectivity index (χ4v) is 4.22. The van der Waals surface area contributed by atoms with Crippen LogP contribution in [0.3, 0.4) is 0 Å². The summed E-state index contributed by atoms with van der Waals surface area (Å²) >= 11 is 3.55. The van der Waals surface area contributed by atoms with E-state index in [0.717, 1.165) is 16.7 Å². The van der Waals surface area contributed by atoms with E-state index in [-0.39, 0.29) is 0 Å². The summed E-state index contributed by atoms with van der Waals surface area (Å²) in [5.41, 5.74) is 2.90. The van der Waals surface area contributed by atoms with Gasteiger partial charge in [0.15, 0.2) is 0 Å². The normalized spacial score (nSPS) is 22.3. The van der Waals surface area contributed by atoms with E-state index >= 15 is 0 Å². The maximum atomic E-state index is 4.51. The molecule has 2 aliphatic rings. The summed E-state index contributed by atoms with van der Waals surface area (Å²) in [6, 6.07) is 4.11. The molecular weight excluding hydrogens is 328 g/mol. The van der Waals surface area contributed by atoms with Crippen LogP contribution in [0.5, 0.6) is 0 Å². The van der Waals surface area contributed by atoms with Crippen LogP contribution in [0.15, 0.2) is 29.0 Å². The number of likely N-dealkylation sites (tertiary alicyclic amines) is 1. The lowest BCUT2D eigenvalue weighted by Gasteiger charge is -2.33. The van der Waals surface area contributed by atoms with Crippen molar-refractivity contribution in [3.63, 3.8) is 0 Å². The van der Waals surface area contributed by atoms with Gasteiger partial charge in [-0.2, -0.15) is 0 Å². The Hall–Kier alpha value is -0.910. The second-order valence-corrected chi connectivity index (χ2v) is 7.45. The summed E-state index contributed by atoms with van der Waals surface area (Å²) in [5.74, 6) is 0. The third-order valence-corrected chi connectivity index (χ3v) is 5.58. The molecule has 0 saturated carbocycles. The monoisotopic (exact) mass is 348 g/mol. The zero-order chi connectivity index (χ0) is 14.3. The number of piperidine rings is 1. The molecular formula is C16H21BrN4. The maximum Gasteiger partial charge on any atom is 0.136 e. The molecule has 0 aromatic carbocycles. The molecule has 2 aromatic rings. The third-order valence-electron chi connectivity index (χ3n) is 5.11. The largest absolute Gasteiger partial charge is 0.317 e. The van der Waals surface area contributed by atoms with Gasteiger partial charge in [-0.3, -0.25) is 4.90 Å². The van der Waals surface area contributed by atoms with Gasteiger partial charge in [0.2, 0.25) is 0 Å². The number of nitrogens with one attached hydrogen (secondary N) is 1. The van der Waals surface area contributed by atoms with E-state index in [0.29, 0.717) is 5.41 Å². The lowest BCUT2D eigenvalue weighted by molar-refractivity contribution is 0.193. The lowest BCUT2D eigenvalue weighted by Crippen LogP contribution is -2.38. The van der Waals surface area contributed by atoms with Crippen molar-refractivity contribution >= 4 is 21.6 Å². The number of aromatic nitrogens is 2. The van der Waals surface area contributed by atoms with E-state index in [2.05, 4.69) is 47.8 Å². The molecule has 2 fully saturated rings. The first-order valence-corrected chi connectivity index (χ1v) is 8.58. The molecule has 0 atom stereocenters. The zero-order valence-electron chi connectivity index (χ0n) is 12.2. The Morgan fingerprint density at radius 1 is 1.24 bits per heavy atom. The Labute approximate surface area is 133 Å². The van der Waals surface area contributed by atoms with Gasteiger partial charge in [-0.25, -0.2) is 4.98 Å². The highest BCUT2D eigenvalue weighted by Crippen LogP contribution is 2.39. The van der Waals surface area contributed by atoms with Crippen LogP contribution in [0.25, 0.3) is 5.65 Å². The molecule has 2 aromatic heterocycles. The van der Waals surface area contributed by atoms with Crippen molar-refractivity contribution in [3.8, 4) is 0 Å². The quantitative estimate of drug-likeness (QED) is 0.905. The molecule has 0 unspecified atom stereocenters. The standard InChI is InChI=1S/C16H21BrN4/c17-13-1-2-15-19-9-14(21(15)10-13)11-20-8-5-16(12-20)3-6-18-7-4-16/h1-2,9-10,18H,3-8,11-12H2. The van der Waals surface area contributed by atoms with Gasteiger partial charge in [0.25, 0.3) is 0 Å². The van der Waals surface area contributed by atoms with Crippen LogP contribution in [0.1, 0.15) is 25.0 Å². The Morgan fingerprint density at radius 2 is 2.10 bits per heavy atom. The Kier molecular flexibility index (Phi) is 3.52. The summed E-state index contributed by atoms with van der Waals surface area (Å²) < 4.78 is 3.31. The van der Waals surface area contributed by atoms with Crippen molar-refractivity contribution in [2.45, 2.75) is 25.8 Å². The first kappa shape index (κ1) is 13.7. The average molecular weight is 349 g/mol. The predicted octanol–water partition coefficient (Wildman–Crippen LogP) is 2.67. The Bertz CT molecular complexity index is 645. The Morgan fingerprint density at radius 3 is 2.95 bits per heavy atom. The van der Waals surface area contributed by atoms with Crippen LogP contribution < -0.4 is 5.32 Å². The van der Waals surface area contributed by atoms with Gasteiger partial charge in [-0.15, -0.1) is 0 Å². The first-order chi connectivity index (χ1) is 10.2. The minimum absolute atomic E-state index is 0.576. The fourth-order valence-electron chi connectivity index (χ4n) is 3.88. The van der Waals surface area contributed by atoms with Crippen molar-refractivity contribution in [1.29, 1.82) is 0 Å². The minimum atomic E-state index is 0.576. The van der Waals surface area contributed by atoms with E-state index in [9.17, 15) is 0 Å². The van der Waals surface area contributed by atoms with Gasteiger partial charge in [-0.1, -0.05) is 0 Å². The van der Waals surface area contributed by atoms with Crippen LogP contribution in [-0.2, 0) is 6.54 Å². The molecule has 2 aliphatic heterocycles. The predicted molar refractivity (Wildman–Crippen MR) is 87.3 cm³/mol. The summed E-state index contributed by atoms with van der Waals surface area (Å²) in [6.07, 6.45) is 8.17. The topological polar surface area (TPSA) is 32.6 Å². The van der Waals surface area contributed by atoms with Gasteiger partial charge in [-0.05, 0) is 72.4 Å². The van der Waals surface area contributed by atoms with Crippen molar-refractivity contribution in [3.05, 3.63) is 34.7 Å². The van der Waals surface area contributed by atoms with Crippen molar-refractivity contribution in [2.75, 3.05) is 26.2 Å². The summed E-state index contributed by atoms with van der Waals surface area (Å²) in [5, 5.41) is 3.49. The molecule has 0 radical (unpaired) electrons. The number of fused-ring (bicyclic) bond motifs is 1. The number of nitrogens with zero attached hydrogens (tertiary/aromatic N) is 3. The van der Waals surface area contributed by atoms with E-state index in [1.165, 1.54) is 51.1 Å². The van der Waals surface area contributed by atoms with Gasteiger partial charge in [0.05, 0.1) is 11.9 Å². The number of imidazole rings is 1. The van der Waals surface area contributed by atoms with E-state index < -0.39 is 0 Å². The van der Waals surface area contributed by atoms with Gasteiger partial charge < -0.3 is 9.72 Å². The van der Waals surface area contributed by atoms with E-state index in [1.807, 2.05) is 12.3 Å². The smallest absolute Gasteiger partial charge is 0.136 e. The summed E-state index contributed by atoms with van der Waals surface area (Å²) in [4.78, 5) is 7.12. The molecule has 1 spiro atoms. The summed E-state index contributed by atoms with van der Waals surface area (Å²) in [6.45, 7) is 5.86. The molecule has 4 rings (SSSR count). The number of halogens is 1. The van der Waals surface area contributed by atoms with Crippen molar-refractivity contribution in [1.82, 2.24) is 19.6 Å². The van der Waals surface area contributed by atoms with Crippen LogP contribution in [0.2, 0.25) is 0 Å². The molecule has 1 N–H and O–H groups in total. The highest BCUT2D eigenvalue weighted by Gasteiger charge is 2.38. The Balaban J connectivity index is 1.52. The van der Waals surface area contributed by atoms with Crippen LogP contribution in [0, 0.1) is 5.41 Å². The molecule has 2 saturated heterocycles. The molecule has 0 aliphatic carbocycles. The minimum Gasteiger partial charge on any atom is -0.317 e. The molecule has 5 heteroatoms. The SMILES string of the molecule is Brc1ccc2ncc(CN3CCC4(CCNCC4)C3)n2c1. The van der Waals surface area contributed by atoms with Crippen LogP contribution in [-0.4, -0.2) is 40.5 Å². The van der Waals surface area contributed by atoms with Crippen molar-refractivity contribution in [2.24, 2.45) is 5.41 Å². The number of hydrogen-bond donors (Lipinski definition) is 1. The van der Waals surface area contributed by atoms with E-state index in [1.54, 1.807) is 0 Å². The zero-order valence-corrected chi connectivity index (χ0v) is 13.8. The highest BCUT2D eigenvalue weighted by molar-refractivity contribution is 9.10. The molecule has 4 heterocycles. The average Bonchev–Trinajstić information content (AvgIpc) is 3.06. The van der Waals surface area contributed by atoms with Crippen molar-refractivity contribution < 1.29 is 0 Å². The van der Waals surface area contributed by atoms with Crippen LogP contribution >= 0.6 is 15.9 Å². The van der Waals surface area contributed by atoms with Gasteiger partial charge in [0, 0.05) is 23.8 Å². The van der Waals surface area contributed by atoms with Crippen LogP contribution in [0.4, 0.5) is 0 Å². The summed E-state index contributed by atoms with van der Waals surface area (Å²) in [7, 11) is 0. The second kappa shape index (κ2) is 5.38. The maximum absolute atomic E-state index is 4.51. The number of rotatable bonds is 2. The fraction of sp³-hybridized carbons (Fsp3) is 0.562. The molecule has 0 amide bonds. The molecule has 4 nitrogen and oxygen atoms in total. The number of pyridine rings is 1. The number of hydrogen-bond acceptors (Lipinski definition) is 3. The highest BCUT2D eigenvalue weighted by atomic mass is 79.9. The first-order valence-electron chi connectivity index (χ1n) is 7.79. The molecule has 112 valence electrons. The molecule has 21 heavy (non-hydrogen) atoms. The van der Waals surface area contributed by atoms with E-state index in [4.69, 9.17) is 0 Å². The van der Waals surface area contributed by atoms with Gasteiger partial charge in [0.1, 0.15) is 5.65 Å². The third kappa shape index (κ3) is 2.62. The lowest BCUT2D eigenvalue weighted by atomic mass is 9.78. The molecule has 0 bridgehead atoms.